The Kier molecular flexibility index (Phi) is 4.56. The lowest BCUT2D eigenvalue weighted by Gasteiger charge is -2.17. The molecule has 0 spiro atoms. The smallest absolute Gasteiger partial charge is 0.0900 e. The highest BCUT2D eigenvalue weighted by atomic mass is 16.5. The zero-order valence-electron chi connectivity index (χ0n) is 7.37. The molecule has 0 saturated heterocycles. The van der Waals surface area contributed by atoms with Gasteiger partial charge in [0.15, 0.2) is 0 Å². The fourth-order valence-electron chi connectivity index (χ4n) is 0.863. The molecular weight excluding hydrogens is 138 g/mol. The summed E-state index contributed by atoms with van der Waals surface area (Å²) < 4.78 is 5.40. The Hall–Kier alpha value is -0.810. The quantitative estimate of drug-likeness (QED) is 0.579. The standard InChI is InChI=1S/C9H15NO/c1-5-9(6-10)8(4)11-7(2)3/h5,7-9H,1H2,2-4H3. The summed E-state index contributed by atoms with van der Waals surface area (Å²) in [6.45, 7) is 9.35. The predicted octanol–water partition coefficient (Wildman–Crippen LogP) is 2.13. The van der Waals surface area contributed by atoms with Crippen molar-refractivity contribution in [2.45, 2.75) is 33.0 Å². The summed E-state index contributed by atoms with van der Waals surface area (Å²) in [7, 11) is 0. The summed E-state index contributed by atoms with van der Waals surface area (Å²) >= 11 is 0. The topological polar surface area (TPSA) is 33.0 Å². The van der Waals surface area contributed by atoms with Crippen LogP contribution >= 0.6 is 0 Å². The molecule has 11 heavy (non-hydrogen) atoms. The zero-order valence-corrected chi connectivity index (χ0v) is 7.37. The second-order valence-corrected chi connectivity index (χ2v) is 2.78. The number of ether oxygens (including phenoxy) is 1. The van der Waals surface area contributed by atoms with E-state index in [1.807, 2.05) is 20.8 Å². The molecule has 62 valence electrons. The minimum absolute atomic E-state index is 0.0579. The summed E-state index contributed by atoms with van der Waals surface area (Å²) in [5.41, 5.74) is 0. The van der Waals surface area contributed by atoms with E-state index in [-0.39, 0.29) is 18.1 Å². The van der Waals surface area contributed by atoms with Crippen LogP contribution in [0.15, 0.2) is 12.7 Å². The van der Waals surface area contributed by atoms with E-state index >= 15 is 0 Å². The molecule has 0 heterocycles. The van der Waals surface area contributed by atoms with Crippen LogP contribution < -0.4 is 0 Å². The maximum atomic E-state index is 8.61. The van der Waals surface area contributed by atoms with Crippen molar-refractivity contribution >= 4 is 0 Å². The number of nitriles is 1. The maximum Gasteiger partial charge on any atom is 0.0900 e. The van der Waals surface area contributed by atoms with Gasteiger partial charge in [-0.15, -0.1) is 6.58 Å². The lowest BCUT2D eigenvalue weighted by atomic mass is 10.1. The van der Waals surface area contributed by atoms with E-state index in [4.69, 9.17) is 10.00 Å². The number of rotatable bonds is 4. The van der Waals surface area contributed by atoms with Crippen LogP contribution in [0.25, 0.3) is 0 Å². The van der Waals surface area contributed by atoms with Gasteiger partial charge in [0.25, 0.3) is 0 Å². The number of hydrogen-bond acceptors (Lipinski definition) is 2. The van der Waals surface area contributed by atoms with Crippen molar-refractivity contribution in [1.29, 1.82) is 5.26 Å². The highest BCUT2D eigenvalue weighted by Gasteiger charge is 2.14. The van der Waals surface area contributed by atoms with Gasteiger partial charge in [0.1, 0.15) is 0 Å². The van der Waals surface area contributed by atoms with Gasteiger partial charge < -0.3 is 4.74 Å². The average molecular weight is 153 g/mol. The van der Waals surface area contributed by atoms with Gasteiger partial charge >= 0.3 is 0 Å². The van der Waals surface area contributed by atoms with E-state index < -0.39 is 0 Å². The number of nitrogens with zero attached hydrogens (tertiary/aromatic N) is 1. The highest BCUT2D eigenvalue weighted by Crippen LogP contribution is 2.09. The minimum atomic E-state index is -0.197. The van der Waals surface area contributed by atoms with Gasteiger partial charge in [-0.1, -0.05) is 6.08 Å². The largest absolute Gasteiger partial charge is 0.374 e. The molecule has 0 radical (unpaired) electrons. The first kappa shape index (κ1) is 10.2. The third kappa shape index (κ3) is 3.79. The van der Waals surface area contributed by atoms with Crippen molar-refractivity contribution in [3.05, 3.63) is 12.7 Å². The molecular formula is C9H15NO. The second kappa shape index (κ2) is 4.92. The Labute approximate surface area is 68.5 Å². The second-order valence-electron chi connectivity index (χ2n) is 2.78. The Morgan fingerprint density at radius 3 is 2.27 bits per heavy atom. The molecule has 2 unspecified atom stereocenters. The summed E-state index contributed by atoms with van der Waals surface area (Å²) in [5.74, 6) is -0.197. The van der Waals surface area contributed by atoms with Crippen molar-refractivity contribution in [3.8, 4) is 6.07 Å². The van der Waals surface area contributed by atoms with Crippen molar-refractivity contribution in [2.24, 2.45) is 5.92 Å². The highest BCUT2D eigenvalue weighted by molar-refractivity contribution is 4.98. The van der Waals surface area contributed by atoms with Crippen molar-refractivity contribution < 1.29 is 4.74 Å². The van der Waals surface area contributed by atoms with E-state index in [1.165, 1.54) is 0 Å². The third-order valence-electron chi connectivity index (χ3n) is 1.40. The molecule has 0 N–H and O–H groups in total. The lowest BCUT2D eigenvalue weighted by molar-refractivity contribution is 0.00682. The molecule has 0 aromatic heterocycles. The van der Waals surface area contributed by atoms with Crippen LogP contribution in [0.1, 0.15) is 20.8 Å². The first-order chi connectivity index (χ1) is 5.11. The Bertz CT molecular complexity index is 157. The van der Waals surface area contributed by atoms with Gasteiger partial charge in [-0.3, -0.25) is 0 Å². The summed E-state index contributed by atoms with van der Waals surface area (Å²) in [6, 6.07) is 2.11. The normalized spacial score (nSPS) is 15.5. The summed E-state index contributed by atoms with van der Waals surface area (Å²) in [6.07, 6.45) is 1.73. The fourth-order valence-corrected chi connectivity index (χ4v) is 0.863. The van der Waals surface area contributed by atoms with Crippen LogP contribution in [0.5, 0.6) is 0 Å². The predicted molar refractivity (Wildman–Crippen MR) is 45.0 cm³/mol. The first-order valence-corrected chi connectivity index (χ1v) is 3.79. The molecule has 0 fully saturated rings. The zero-order chi connectivity index (χ0) is 8.85. The molecule has 0 amide bonds. The van der Waals surface area contributed by atoms with Crippen LogP contribution in [0.3, 0.4) is 0 Å². The number of hydrogen-bond donors (Lipinski definition) is 0. The molecule has 0 aliphatic rings. The summed E-state index contributed by atoms with van der Waals surface area (Å²) in [4.78, 5) is 0. The van der Waals surface area contributed by atoms with Crippen molar-refractivity contribution in [2.75, 3.05) is 0 Å². The SMILES string of the molecule is C=CC(C#N)C(C)OC(C)C. The van der Waals surface area contributed by atoms with Gasteiger partial charge in [0, 0.05) is 0 Å². The monoisotopic (exact) mass is 153 g/mol. The van der Waals surface area contributed by atoms with Gasteiger partial charge in [0.2, 0.25) is 0 Å². The molecule has 0 aliphatic heterocycles. The Morgan fingerprint density at radius 1 is 1.45 bits per heavy atom. The summed E-state index contributed by atoms with van der Waals surface area (Å²) in [5, 5.41) is 8.61. The van der Waals surface area contributed by atoms with E-state index in [0.717, 1.165) is 0 Å². The molecule has 0 aliphatic carbocycles. The van der Waals surface area contributed by atoms with Gasteiger partial charge in [0.05, 0.1) is 24.2 Å². The Balaban J connectivity index is 3.91. The van der Waals surface area contributed by atoms with Crippen LogP contribution in [-0.4, -0.2) is 12.2 Å². The molecule has 2 atom stereocenters. The molecule has 0 rings (SSSR count). The lowest BCUT2D eigenvalue weighted by Crippen LogP contribution is -2.21. The van der Waals surface area contributed by atoms with Gasteiger partial charge in [-0.05, 0) is 20.8 Å². The van der Waals surface area contributed by atoms with E-state index in [1.54, 1.807) is 6.08 Å². The van der Waals surface area contributed by atoms with E-state index in [2.05, 4.69) is 12.6 Å². The molecule has 2 heteroatoms. The Morgan fingerprint density at radius 2 is 2.00 bits per heavy atom. The minimum Gasteiger partial charge on any atom is -0.374 e. The van der Waals surface area contributed by atoms with Crippen LogP contribution in [0.4, 0.5) is 0 Å². The van der Waals surface area contributed by atoms with Crippen LogP contribution in [-0.2, 0) is 4.74 Å². The van der Waals surface area contributed by atoms with E-state index in [9.17, 15) is 0 Å². The molecule has 0 aromatic rings. The van der Waals surface area contributed by atoms with Crippen LogP contribution in [0, 0.1) is 17.2 Å². The van der Waals surface area contributed by atoms with Crippen LogP contribution in [0.2, 0.25) is 0 Å². The van der Waals surface area contributed by atoms with Gasteiger partial charge in [-0.25, -0.2) is 0 Å². The van der Waals surface area contributed by atoms with Gasteiger partial charge in [-0.2, -0.15) is 5.26 Å². The first-order valence-electron chi connectivity index (χ1n) is 3.79. The molecule has 2 nitrogen and oxygen atoms in total. The molecule has 0 aromatic carbocycles. The molecule has 0 bridgehead atoms. The third-order valence-corrected chi connectivity index (χ3v) is 1.40. The molecule has 0 saturated carbocycles. The van der Waals surface area contributed by atoms with E-state index in [0.29, 0.717) is 0 Å². The fraction of sp³-hybridized carbons (Fsp3) is 0.667. The van der Waals surface area contributed by atoms with Crippen molar-refractivity contribution in [3.63, 3.8) is 0 Å². The maximum absolute atomic E-state index is 8.61. The average Bonchev–Trinajstić information content (AvgIpc) is 1.88. The van der Waals surface area contributed by atoms with Crippen molar-refractivity contribution in [1.82, 2.24) is 0 Å².